The molecule has 0 bridgehead atoms. The van der Waals surface area contributed by atoms with Gasteiger partial charge in [-0.05, 0) is 38.5 Å². The van der Waals surface area contributed by atoms with Crippen LogP contribution in [0.25, 0.3) is 10.2 Å². The third kappa shape index (κ3) is 2.89. The van der Waals surface area contributed by atoms with E-state index in [1.165, 1.54) is 20.9 Å². The van der Waals surface area contributed by atoms with Crippen molar-refractivity contribution in [2.45, 2.75) is 30.7 Å². The molecule has 0 saturated carbocycles. The molecule has 0 atom stereocenters. The van der Waals surface area contributed by atoms with Crippen molar-refractivity contribution < 1.29 is 0 Å². The highest BCUT2D eigenvalue weighted by Crippen LogP contribution is 2.37. The van der Waals surface area contributed by atoms with Crippen LogP contribution in [-0.2, 0) is 0 Å². The Labute approximate surface area is 132 Å². The number of nitrogens with zero attached hydrogens (tertiary/aromatic N) is 2. The molecule has 3 aromatic rings. The first-order chi connectivity index (χ1) is 10.1. The monoisotopic (exact) mass is 315 g/mol. The minimum Gasteiger partial charge on any atom is -0.357 e. The summed E-state index contributed by atoms with van der Waals surface area (Å²) in [6, 6.07) is 8.69. The summed E-state index contributed by atoms with van der Waals surface area (Å²) in [6.45, 7) is 6.37. The number of hydrogen-bond acceptors (Lipinski definition) is 5. The summed E-state index contributed by atoms with van der Waals surface area (Å²) >= 11 is 3.42. The van der Waals surface area contributed by atoms with Gasteiger partial charge >= 0.3 is 0 Å². The molecular weight excluding hydrogens is 298 g/mol. The van der Waals surface area contributed by atoms with Gasteiger partial charge in [0.1, 0.15) is 9.86 Å². The Balaban J connectivity index is 2.10. The molecule has 0 fully saturated rings. The number of anilines is 1. The van der Waals surface area contributed by atoms with Gasteiger partial charge in [0.05, 0.1) is 0 Å². The molecule has 0 radical (unpaired) electrons. The van der Waals surface area contributed by atoms with E-state index < -0.39 is 0 Å². The lowest BCUT2D eigenvalue weighted by Crippen LogP contribution is -1.97. The van der Waals surface area contributed by atoms with Crippen molar-refractivity contribution in [1.29, 1.82) is 0 Å². The second-order valence-corrected chi connectivity index (χ2v) is 7.31. The number of aromatic nitrogens is 2. The van der Waals surface area contributed by atoms with Crippen LogP contribution in [-0.4, -0.2) is 17.0 Å². The Morgan fingerprint density at radius 3 is 2.62 bits per heavy atom. The second-order valence-electron chi connectivity index (χ2n) is 5.05. The number of aryl methyl sites for hydroxylation is 3. The van der Waals surface area contributed by atoms with Crippen LogP contribution in [0.2, 0.25) is 0 Å². The van der Waals surface area contributed by atoms with Crippen molar-refractivity contribution in [3.8, 4) is 0 Å². The summed E-state index contributed by atoms with van der Waals surface area (Å²) < 4.78 is 0. The molecule has 0 unspecified atom stereocenters. The molecule has 0 saturated heterocycles. The quantitative estimate of drug-likeness (QED) is 0.704. The van der Waals surface area contributed by atoms with Crippen molar-refractivity contribution >= 4 is 39.3 Å². The smallest absolute Gasteiger partial charge is 0.224 e. The Bertz CT molecular complexity index is 809. The largest absolute Gasteiger partial charge is 0.357 e. The van der Waals surface area contributed by atoms with Crippen molar-refractivity contribution in [3.63, 3.8) is 0 Å². The average molecular weight is 315 g/mol. The normalized spacial score (nSPS) is 11.0. The van der Waals surface area contributed by atoms with Gasteiger partial charge < -0.3 is 5.32 Å². The summed E-state index contributed by atoms with van der Waals surface area (Å²) in [4.78, 5) is 12.7. The molecule has 1 aromatic carbocycles. The molecule has 2 heterocycles. The molecule has 108 valence electrons. The van der Waals surface area contributed by atoms with E-state index in [9.17, 15) is 0 Å². The zero-order chi connectivity index (χ0) is 15.0. The highest BCUT2D eigenvalue weighted by atomic mass is 32.2. The van der Waals surface area contributed by atoms with E-state index in [2.05, 4.69) is 60.3 Å². The zero-order valence-electron chi connectivity index (χ0n) is 12.5. The van der Waals surface area contributed by atoms with Crippen LogP contribution in [0.15, 0.2) is 34.2 Å². The van der Waals surface area contributed by atoms with Crippen LogP contribution in [0.3, 0.4) is 0 Å². The van der Waals surface area contributed by atoms with E-state index in [0.717, 1.165) is 15.2 Å². The van der Waals surface area contributed by atoms with Crippen molar-refractivity contribution in [1.82, 2.24) is 9.97 Å². The van der Waals surface area contributed by atoms with Crippen molar-refractivity contribution in [3.05, 3.63) is 40.3 Å². The Morgan fingerprint density at radius 2 is 1.90 bits per heavy atom. The number of hydrogen-bond donors (Lipinski definition) is 1. The number of rotatable bonds is 3. The fourth-order valence-electron chi connectivity index (χ4n) is 2.22. The van der Waals surface area contributed by atoms with Crippen LogP contribution < -0.4 is 5.32 Å². The predicted molar refractivity (Wildman–Crippen MR) is 91.7 cm³/mol. The lowest BCUT2D eigenvalue weighted by Gasteiger charge is -2.08. The summed E-state index contributed by atoms with van der Waals surface area (Å²) in [6.07, 6.45) is 0. The molecule has 0 aliphatic heterocycles. The molecule has 3 nitrogen and oxygen atoms in total. The van der Waals surface area contributed by atoms with Gasteiger partial charge in [0.2, 0.25) is 5.95 Å². The van der Waals surface area contributed by atoms with Gasteiger partial charge in [-0.1, -0.05) is 29.5 Å². The topological polar surface area (TPSA) is 37.8 Å². The predicted octanol–water partition coefficient (Wildman–Crippen LogP) is 4.81. The highest BCUT2D eigenvalue weighted by molar-refractivity contribution is 7.99. The van der Waals surface area contributed by atoms with Gasteiger partial charge in [0.15, 0.2) is 0 Å². The maximum Gasteiger partial charge on any atom is 0.224 e. The van der Waals surface area contributed by atoms with E-state index in [0.29, 0.717) is 5.95 Å². The molecular formula is C16H17N3S2. The summed E-state index contributed by atoms with van der Waals surface area (Å²) in [5, 5.41) is 5.20. The standard InChI is InChI=1S/C16H17N3S2/c1-9-5-6-13(10(2)7-9)21-15-12-8-11(3)20-14(12)18-16(17-4)19-15/h5-8H,1-4H3,(H,17,18,19). The number of nitrogens with one attached hydrogen (secondary N) is 1. The molecule has 21 heavy (non-hydrogen) atoms. The SMILES string of the molecule is CNc1nc(Sc2ccc(C)cc2C)c2cc(C)sc2n1. The maximum atomic E-state index is 4.64. The fourth-order valence-corrected chi connectivity index (χ4v) is 4.13. The van der Waals surface area contributed by atoms with Crippen LogP contribution in [0.5, 0.6) is 0 Å². The van der Waals surface area contributed by atoms with Crippen molar-refractivity contribution in [2.24, 2.45) is 0 Å². The van der Waals surface area contributed by atoms with Gasteiger partial charge in [0.25, 0.3) is 0 Å². The van der Waals surface area contributed by atoms with E-state index >= 15 is 0 Å². The molecule has 2 aromatic heterocycles. The average Bonchev–Trinajstić information content (AvgIpc) is 2.82. The molecule has 0 aliphatic rings. The highest BCUT2D eigenvalue weighted by Gasteiger charge is 2.12. The zero-order valence-corrected chi connectivity index (χ0v) is 14.2. The van der Waals surface area contributed by atoms with Gasteiger partial charge in [-0.3, -0.25) is 0 Å². The van der Waals surface area contributed by atoms with E-state index in [1.807, 2.05) is 7.05 Å². The van der Waals surface area contributed by atoms with Gasteiger partial charge in [-0.2, -0.15) is 0 Å². The lowest BCUT2D eigenvalue weighted by molar-refractivity contribution is 1.10. The molecule has 1 N–H and O–H groups in total. The van der Waals surface area contributed by atoms with Gasteiger partial charge in [0, 0.05) is 22.2 Å². The van der Waals surface area contributed by atoms with Crippen LogP contribution in [0.4, 0.5) is 5.95 Å². The first kappa shape index (κ1) is 14.4. The number of benzene rings is 1. The Kier molecular flexibility index (Phi) is 3.87. The Hall–Kier alpha value is -1.59. The summed E-state index contributed by atoms with van der Waals surface area (Å²) in [5.41, 5.74) is 2.57. The lowest BCUT2D eigenvalue weighted by atomic mass is 10.2. The maximum absolute atomic E-state index is 4.64. The first-order valence-corrected chi connectivity index (χ1v) is 8.41. The van der Waals surface area contributed by atoms with E-state index in [1.54, 1.807) is 23.1 Å². The Morgan fingerprint density at radius 1 is 1.10 bits per heavy atom. The van der Waals surface area contributed by atoms with Crippen LogP contribution >= 0.6 is 23.1 Å². The summed E-state index contributed by atoms with van der Waals surface area (Å²) in [7, 11) is 1.85. The number of fused-ring (bicyclic) bond motifs is 1. The third-order valence-corrected chi connectivity index (χ3v) is 5.37. The third-order valence-electron chi connectivity index (χ3n) is 3.24. The number of thiophene rings is 1. The van der Waals surface area contributed by atoms with Crippen LogP contribution in [0, 0.1) is 20.8 Å². The van der Waals surface area contributed by atoms with Gasteiger partial charge in [-0.25, -0.2) is 9.97 Å². The van der Waals surface area contributed by atoms with Gasteiger partial charge in [-0.15, -0.1) is 11.3 Å². The summed E-state index contributed by atoms with van der Waals surface area (Å²) in [5.74, 6) is 0.677. The molecule has 0 amide bonds. The van der Waals surface area contributed by atoms with Crippen molar-refractivity contribution in [2.75, 3.05) is 12.4 Å². The minimum absolute atomic E-state index is 0.677. The van der Waals surface area contributed by atoms with E-state index in [-0.39, 0.29) is 0 Å². The first-order valence-electron chi connectivity index (χ1n) is 6.78. The second kappa shape index (κ2) is 5.66. The molecule has 0 aliphatic carbocycles. The minimum atomic E-state index is 0.677. The molecule has 0 spiro atoms. The molecule has 3 rings (SSSR count). The fraction of sp³-hybridized carbons (Fsp3) is 0.250. The molecule has 5 heteroatoms. The van der Waals surface area contributed by atoms with Crippen LogP contribution in [0.1, 0.15) is 16.0 Å². The van der Waals surface area contributed by atoms with E-state index in [4.69, 9.17) is 0 Å².